The van der Waals surface area contributed by atoms with Crippen LogP contribution >= 0.6 is 23.2 Å². The summed E-state index contributed by atoms with van der Waals surface area (Å²) in [5, 5.41) is 26.4. The normalized spacial score (nSPS) is 11.2. The molecule has 2 N–H and O–H groups in total. The van der Waals surface area contributed by atoms with E-state index >= 15 is 0 Å². The molecule has 0 aliphatic carbocycles. The summed E-state index contributed by atoms with van der Waals surface area (Å²) in [6, 6.07) is 44.2. The molecule has 8 aromatic rings. The summed E-state index contributed by atoms with van der Waals surface area (Å²) in [7, 11) is 0. The minimum atomic E-state index is -0.354. The van der Waals surface area contributed by atoms with Gasteiger partial charge in [0.15, 0.2) is 0 Å². The number of aliphatic hydroxyl groups excluding tert-OH is 2. The van der Waals surface area contributed by atoms with Crippen LogP contribution in [-0.4, -0.2) is 91.4 Å². The highest BCUT2D eigenvalue weighted by atomic mass is 35.5. The molecule has 0 fully saturated rings. The Balaban J connectivity index is 0.000000191. The van der Waals surface area contributed by atoms with Gasteiger partial charge < -0.3 is 19.3 Å². The lowest BCUT2D eigenvalue weighted by Crippen LogP contribution is -2.29. The molecule has 0 amide bonds. The van der Waals surface area contributed by atoms with Gasteiger partial charge in [0.2, 0.25) is 11.6 Å². The molecule has 64 heavy (non-hydrogen) atoms. The first-order valence-electron chi connectivity index (χ1n) is 20.7. The average molecular weight is 904 g/mol. The van der Waals surface area contributed by atoms with Crippen molar-refractivity contribution in [3.8, 4) is 67.9 Å². The number of hydrogen-bond donors (Lipinski definition) is 2. The first-order valence-corrected chi connectivity index (χ1v) is 21.8. The van der Waals surface area contributed by atoms with Crippen LogP contribution in [-0.2, 0) is 13.1 Å². The maximum absolute atomic E-state index is 14.7. The Morgan fingerprint density at radius 2 is 0.828 bits per heavy atom. The number of hydrogen-bond acceptors (Lipinski definition) is 10. The molecule has 0 saturated carbocycles. The number of aromatic nitrogens is 4. The van der Waals surface area contributed by atoms with Gasteiger partial charge in [-0.15, -0.1) is 23.2 Å². The lowest BCUT2D eigenvalue weighted by Gasteiger charge is -2.20. The molecule has 0 aliphatic heterocycles. The van der Waals surface area contributed by atoms with Crippen molar-refractivity contribution in [2.75, 3.05) is 51.2 Å². The Labute approximate surface area is 380 Å². The van der Waals surface area contributed by atoms with Crippen molar-refractivity contribution in [3.05, 3.63) is 168 Å². The van der Waals surface area contributed by atoms with Crippen molar-refractivity contribution in [1.29, 1.82) is 0 Å². The number of benzene rings is 6. The quantitative estimate of drug-likeness (QED) is 0.0804. The third-order valence-electron chi connectivity index (χ3n) is 10.3. The lowest BCUT2D eigenvalue weighted by atomic mass is 10.0. The second kappa shape index (κ2) is 23.0. The minimum absolute atomic E-state index is 0.0383. The third kappa shape index (κ3) is 12.1. The van der Waals surface area contributed by atoms with Crippen LogP contribution in [0.25, 0.3) is 67.9 Å². The van der Waals surface area contributed by atoms with E-state index in [1.807, 2.05) is 114 Å². The Kier molecular flexibility index (Phi) is 16.5. The highest BCUT2D eigenvalue weighted by molar-refractivity contribution is 6.18. The SMILES string of the molecule is Fc1cc(-c2nc(-c3ccc(CN(CCCl)CCCl)cc3)no2)ccc1-c1ccccc1.OCCN(CCO)Cc1ccc(-c2noc(-c3ccc(-c4ccccc4)c(F)c3)n2)cc1. The fraction of sp³-hybridized carbons (Fsp3) is 0.200. The highest BCUT2D eigenvalue weighted by Crippen LogP contribution is 2.30. The Hall–Kier alpha value is -6.12. The molecule has 0 atom stereocenters. The van der Waals surface area contributed by atoms with Crippen LogP contribution in [0, 0.1) is 11.6 Å². The Bertz CT molecular complexity index is 2470. The molecular weight excluding hydrogens is 857 g/mol. The van der Waals surface area contributed by atoms with Gasteiger partial charge in [0, 0.05) is 84.4 Å². The molecule has 0 aliphatic rings. The van der Waals surface area contributed by atoms with Crippen molar-refractivity contribution in [2.24, 2.45) is 0 Å². The van der Waals surface area contributed by atoms with Gasteiger partial charge in [0.25, 0.3) is 11.8 Å². The molecular formula is C50H46Cl2F2N6O4. The smallest absolute Gasteiger partial charge is 0.258 e. The summed E-state index contributed by atoms with van der Waals surface area (Å²) in [4.78, 5) is 13.0. The predicted molar refractivity (Wildman–Crippen MR) is 247 cm³/mol. The number of halogens is 4. The first-order chi connectivity index (χ1) is 31.3. The second-order valence-corrected chi connectivity index (χ2v) is 15.5. The van der Waals surface area contributed by atoms with Gasteiger partial charge in [0.1, 0.15) is 11.6 Å². The van der Waals surface area contributed by atoms with Crippen LogP contribution in [0.4, 0.5) is 8.78 Å². The molecule has 0 saturated heterocycles. The predicted octanol–water partition coefficient (Wildman–Crippen LogP) is 10.5. The van der Waals surface area contributed by atoms with Gasteiger partial charge in [-0.05, 0) is 46.5 Å². The van der Waals surface area contributed by atoms with Crippen molar-refractivity contribution in [2.45, 2.75) is 13.1 Å². The molecule has 14 heteroatoms. The molecule has 6 aromatic carbocycles. The molecule has 0 unspecified atom stereocenters. The maximum atomic E-state index is 14.7. The summed E-state index contributed by atoms with van der Waals surface area (Å²) >= 11 is 11.7. The molecule has 8 rings (SSSR count). The Morgan fingerprint density at radius 3 is 1.19 bits per heavy atom. The van der Waals surface area contributed by atoms with E-state index in [1.54, 1.807) is 24.3 Å². The van der Waals surface area contributed by atoms with Crippen LogP contribution in [0.15, 0.2) is 155 Å². The number of nitrogens with zero attached hydrogens (tertiary/aromatic N) is 6. The zero-order chi connectivity index (χ0) is 44.7. The van der Waals surface area contributed by atoms with E-state index in [1.165, 1.54) is 12.1 Å². The zero-order valence-electron chi connectivity index (χ0n) is 34.8. The van der Waals surface area contributed by atoms with E-state index < -0.39 is 0 Å². The van der Waals surface area contributed by atoms with E-state index in [4.69, 9.17) is 42.5 Å². The summed E-state index contributed by atoms with van der Waals surface area (Å²) in [5.74, 6) is 1.84. The Morgan fingerprint density at radius 1 is 0.453 bits per heavy atom. The second-order valence-electron chi connectivity index (χ2n) is 14.7. The summed E-state index contributed by atoms with van der Waals surface area (Å²) in [5.41, 5.74) is 7.51. The highest BCUT2D eigenvalue weighted by Gasteiger charge is 2.16. The fourth-order valence-corrected chi connectivity index (χ4v) is 7.49. The van der Waals surface area contributed by atoms with Gasteiger partial charge in [0.05, 0.1) is 13.2 Å². The van der Waals surface area contributed by atoms with E-state index in [-0.39, 0.29) is 36.6 Å². The standard InChI is InChI=1S/C25H22Cl2FN3O.C25H24FN3O3/c26-12-14-31(15-13-27)17-18-6-8-20(9-7-18)24-29-25(32-30-24)21-10-11-22(23(28)16-21)19-4-2-1-3-5-19;26-23-16-21(10-11-22(23)19-4-2-1-3-5-19)25-27-24(28-32-25)20-8-6-18(7-9-20)17-29(12-14-30)13-15-31/h1-11,16H,12-15,17H2;1-11,16,30-31H,12-15,17H2. The lowest BCUT2D eigenvalue weighted by molar-refractivity contribution is 0.156. The van der Waals surface area contributed by atoms with Crippen LogP contribution in [0.3, 0.4) is 0 Å². The van der Waals surface area contributed by atoms with E-state index in [9.17, 15) is 8.78 Å². The van der Waals surface area contributed by atoms with Gasteiger partial charge >= 0.3 is 0 Å². The zero-order valence-corrected chi connectivity index (χ0v) is 36.3. The van der Waals surface area contributed by atoms with Crippen LogP contribution < -0.4 is 0 Å². The summed E-state index contributed by atoms with van der Waals surface area (Å²) in [6.07, 6.45) is 0. The van der Waals surface area contributed by atoms with Gasteiger partial charge in [-0.1, -0.05) is 132 Å². The first kappa shape index (κ1) is 45.9. The number of alkyl halides is 2. The van der Waals surface area contributed by atoms with Crippen molar-refractivity contribution >= 4 is 23.2 Å². The van der Waals surface area contributed by atoms with E-state index in [0.29, 0.717) is 65.3 Å². The van der Waals surface area contributed by atoms with E-state index in [0.717, 1.165) is 53.0 Å². The molecule has 328 valence electrons. The van der Waals surface area contributed by atoms with E-state index in [2.05, 4.69) is 25.2 Å². The van der Waals surface area contributed by atoms with Gasteiger partial charge in [-0.3, -0.25) is 9.80 Å². The van der Waals surface area contributed by atoms with Crippen LogP contribution in [0.2, 0.25) is 0 Å². The molecule has 0 radical (unpaired) electrons. The molecule has 0 spiro atoms. The van der Waals surface area contributed by atoms with Crippen molar-refractivity contribution in [1.82, 2.24) is 30.1 Å². The monoisotopic (exact) mass is 902 g/mol. The summed E-state index contributed by atoms with van der Waals surface area (Å²) < 4.78 is 40.2. The topological polar surface area (TPSA) is 125 Å². The van der Waals surface area contributed by atoms with Gasteiger partial charge in [-0.2, -0.15) is 9.97 Å². The fourth-order valence-electron chi connectivity index (χ4n) is 7.01. The van der Waals surface area contributed by atoms with Crippen molar-refractivity contribution < 1.29 is 28.0 Å². The molecule has 10 nitrogen and oxygen atoms in total. The largest absolute Gasteiger partial charge is 0.395 e. The number of rotatable bonds is 18. The van der Waals surface area contributed by atoms with Crippen molar-refractivity contribution in [3.63, 3.8) is 0 Å². The number of aliphatic hydroxyl groups is 2. The van der Waals surface area contributed by atoms with Crippen LogP contribution in [0.1, 0.15) is 11.1 Å². The average Bonchev–Trinajstić information content (AvgIpc) is 4.03. The maximum Gasteiger partial charge on any atom is 0.258 e. The van der Waals surface area contributed by atoms with Gasteiger partial charge in [-0.25, -0.2) is 8.78 Å². The third-order valence-corrected chi connectivity index (χ3v) is 10.7. The minimum Gasteiger partial charge on any atom is -0.395 e. The summed E-state index contributed by atoms with van der Waals surface area (Å²) in [6.45, 7) is 4.02. The van der Waals surface area contributed by atoms with Crippen LogP contribution in [0.5, 0.6) is 0 Å². The molecule has 0 bridgehead atoms. The molecule has 2 heterocycles. The molecule has 2 aromatic heterocycles.